The standard InChI is InChI=1S/C26H26N2O6/c1-29-20-6-4-7-21(14-20)33-13-5-12-32-18-8-10-19(11-9-18)34-26-22-15-24(30-2)25(31-3)16-23(22)27-17-28-26/h4,6-11,14-17H,5,12-13H2,1-3H3. The third-order valence-electron chi connectivity index (χ3n) is 5.01. The zero-order valence-corrected chi connectivity index (χ0v) is 19.3. The second kappa shape index (κ2) is 11.1. The fraction of sp³-hybridized carbons (Fsp3) is 0.231. The molecule has 0 aliphatic carbocycles. The number of hydrogen-bond acceptors (Lipinski definition) is 8. The Labute approximate surface area is 198 Å². The molecular formula is C26H26N2O6. The third kappa shape index (κ3) is 5.58. The molecule has 3 aromatic carbocycles. The number of aromatic nitrogens is 2. The van der Waals surface area contributed by atoms with Crippen LogP contribution in [0.3, 0.4) is 0 Å². The predicted molar refractivity (Wildman–Crippen MR) is 128 cm³/mol. The largest absolute Gasteiger partial charge is 0.497 e. The quantitative estimate of drug-likeness (QED) is 0.278. The second-order valence-electron chi connectivity index (χ2n) is 7.21. The van der Waals surface area contributed by atoms with Gasteiger partial charge in [-0.2, -0.15) is 0 Å². The number of rotatable bonds is 11. The van der Waals surface area contributed by atoms with Gasteiger partial charge in [0.05, 0.1) is 45.4 Å². The van der Waals surface area contributed by atoms with Crippen LogP contribution in [0.5, 0.6) is 40.4 Å². The Morgan fingerprint density at radius 2 is 1.32 bits per heavy atom. The van der Waals surface area contributed by atoms with Gasteiger partial charge in [-0.1, -0.05) is 6.07 Å². The zero-order chi connectivity index (χ0) is 23.8. The molecule has 0 saturated carbocycles. The van der Waals surface area contributed by atoms with Crippen molar-refractivity contribution in [1.82, 2.24) is 9.97 Å². The van der Waals surface area contributed by atoms with Crippen LogP contribution >= 0.6 is 0 Å². The fourth-order valence-electron chi connectivity index (χ4n) is 3.29. The van der Waals surface area contributed by atoms with E-state index >= 15 is 0 Å². The van der Waals surface area contributed by atoms with Crippen molar-refractivity contribution < 1.29 is 28.4 Å². The molecule has 0 aliphatic rings. The molecule has 34 heavy (non-hydrogen) atoms. The predicted octanol–water partition coefficient (Wildman–Crippen LogP) is 5.30. The van der Waals surface area contributed by atoms with E-state index in [0.717, 1.165) is 29.1 Å². The molecule has 4 aromatic rings. The molecule has 0 N–H and O–H groups in total. The lowest BCUT2D eigenvalue weighted by molar-refractivity contribution is 0.246. The average Bonchev–Trinajstić information content (AvgIpc) is 2.89. The van der Waals surface area contributed by atoms with E-state index in [2.05, 4.69) is 9.97 Å². The van der Waals surface area contributed by atoms with Gasteiger partial charge in [0.1, 0.15) is 29.3 Å². The summed E-state index contributed by atoms with van der Waals surface area (Å²) in [6, 6.07) is 18.5. The van der Waals surface area contributed by atoms with Crippen LogP contribution in [0.2, 0.25) is 0 Å². The highest BCUT2D eigenvalue weighted by Crippen LogP contribution is 2.36. The molecule has 4 rings (SSSR count). The third-order valence-corrected chi connectivity index (χ3v) is 5.01. The highest BCUT2D eigenvalue weighted by molar-refractivity contribution is 5.87. The SMILES string of the molecule is COc1cccc(OCCCOc2ccc(Oc3ncnc4cc(OC)c(OC)cc34)cc2)c1. The Balaban J connectivity index is 1.32. The first-order valence-electron chi connectivity index (χ1n) is 10.7. The van der Waals surface area contributed by atoms with Crippen molar-refractivity contribution in [2.75, 3.05) is 34.5 Å². The summed E-state index contributed by atoms with van der Waals surface area (Å²) in [7, 11) is 4.80. The minimum atomic E-state index is 0.425. The topological polar surface area (TPSA) is 81.2 Å². The van der Waals surface area contributed by atoms with Gasteiger partial charge in [-0.25, -0.2) is 9.97 Å². The Hall–Kier alpha value is -4.20. The van der Waals surface area contributed by atoms with Gasteiger partial charge in [0.15, 0.2) is 11.5 Å². The van der Waals surface area contributed by atoms with Crippen molar-refractivity contribution in [1.29, 1.82) is 0 Å². The minimum Gasteiger partial charge on any atom is -0.497 e. The van der Waals surface area contributed by atoms with Crippen LogP contribution in [0, 0.1) is 0 Å². The van der Waals surface area contributed by atoms with Crippen molar-refractivity contribution in [3.63, 3.8) is 0 Å². The number of ether oxygens (including phenoxy) is 6. The van der Waals surface area contributed by atoms with E-state index in [1.165, 1.54) is 6.33 Å². The highest BCUT2D eigenvalue weighted by Gasteiger charge is 2.12. The number of hydrogen-bond donors (Lipinski definition) is 0. The van der Waals surface area contributed by atoms with E-state index in [1.54, 1.807) is 33.5 Å². The van der Waals surface area contributed by atoms with E-state index in [-0.39, 0.29) is 0 Å². The maximum Gasteiger partial charge on any atom is 0.230 e. The smallest absolute Gasteiger partial charge is 0.230 e. The molecule has 176 valence electrons. The van der Waals surface area contributed by atoms with Crippen LogP contribution in [0.1, 0.15) is 6.42 Å². The summed E-state index contributed by atoms with van der Waals surface area (Å²) >= 11 is 0. The Morgan fingerprint density at radius 3 is 2.06 bits per heavy atom. The van der Waals surface area contributed by atoms with Crippen LogP contribution in [0.25, 0.3) is 10.9 Å². The van der Waals surface area contributed by atoms with Gasteiger partial charge in [0.2, 0.25) is 5.88 Å². The fourth-order valence-corrected chi connectivity index (χ4v) is 3.29. The summed E-state index contributed by atoms with van der Waals surface area (Å²) in [5, 5.41) is 0.719. The van der Waals surface area contributed by atoms with Crippen LogP contribution in [-0.4, -0.2) is 44.5 Å². The first-order valence-corrected chi connectivity index (χ1v) is 10.7. The Morgan fingerprint density at radius 1 is 0.647 bits per heavy atom. The molecule has 0 unspecified atom stereocenters. The first-order chi connectivity index (χ1) is 16.7. The second-order valence-corrected chi connectivity index (χ2v) is 7.21. The van der Waals surface area contributed by atoms with Gasteiger partial charge < -0.3 is 28.4 Å². The molecule has 0 saturated heterocycles. The van der Waals surface area contributed by atoms with Crippen molar-refractivity contribution in [3.8, 4) is 40.4 Å². The molecule has 0 radical (unpaired) electrons. The van der Waals surface area contributed by atoms with E-state index in [9.17, 15) is 0 Å². The van der Waals surface area contributed by atoms with Gasteiger partial charge in [-0.3, -0.25) is 0 Å². The average molecular weight is 463 g/mol. The van der Waals surface area contributed by atoms with Crippen LogP contribution in [0.4, 0.5) is 0 Å². The molecule has 0 aliphatic heterocycles. The van der Waals surface area contributed by atoms with Crippen LogP contribution in [0.15, 0.2) is 67.0 Å². The van der Waals surface area contributed by atoms with E-state index in [0.29, 0.717) is 41.9 Å². The lowest BCUT2D eigenvalue weighted by Crippen LogP contribution is -2.05. The molecule has 0 bridgehead atoms. The van der Waals surface area contributed by atoms with E-state index < -0.39 is 0 Å². The molecule has 0 spiro atoms. The van der Waals surface area contributed by atoms with Gasteiger partial charge in [-0.15, -0.1) is 0 Å². The maximum absolute atomic E-state index is 6.00. The molecule has 8 nitrogen and oxygen atoms in total. The molecule has 1 aromatic heterocycles. The van der Waals surface area contributed by atoms with Crippen molar-refractivity contribution >= 4 is 10.9 Å². The first kappa shape index (κ1) is 23.0. The monoisotopic (exact) mass is 462 g/mol. The molecule has 0 fully saturated rings. The summed E-state index contributed by atoms with van der Waals surface area (Å²) in [6.45, 7) is 1.08. The number of benzene rings is 3. The summed E-state index contributed by atoms with van der Waals surface area (Å²) < 4.78 is 33.5. The summed E-state index contributed by atoms with van der Waals surface area (Å²) in [5.74, 6) is 4.51. The van der Waals surface area contributed by atoms with Crippen molar-refractivity contribution in [2.24, 2.45) is 0 Å². The highest BCUT2D eigenvalue weighted by atomic mass is 16.5. The molecule has 0 amide bonds. The number of fused-ring (bicyclic) bond motifs is 1. The van der Waals surface area contributed by atoms with Crippen LogP contribution < -0.4 is 28.4 Å². The van der Waals surface area contributed by atoms with Gasteiger partial charge >= 0.3 is 0 Å². The maximum atomic E-state index is 6.00. The summed E-state index contributed by atoms with van der Waals surface area (Å²) in [6.07, 6.45) is 2.20. The molecule has 8 heteroatoms. The zero-order valence-electron chi connectivity index (χ0n) is 19.3. The lowest BCUT2D eigenvalue weighted by Gasteiger charge is -2.12. The van der Waals surface area contributed by atoms with Gasteiger partial charge in [0, 0.05) is 18.6 Å². The number of nitrogens with zero attached hydrogens (tertiary/aromatic N) is 2. The van der Waals surface area contributed by atoms with Crippen molar-refractivity contribution in [3.05, 3.63) is 67.0 Å². The van der Waals surface area contributed by atoms with E-state index in [4.69, 9.17) is 28.4 Å². The van der Waals surface area contributed by atoms with Gasteiger partial charge in [-0.05, 0) is 42.5 Å². The summed E-state index contributed by atoms with van der Waals surface area (Å²) in [5.41, 5.74) is 0.693. The molecule has 0 atom stereocenters. The van der Waals surface area contributed by atoms with Crippen LogP contribution in [-0.2, 0) is 0 Å². The Kier molecular flexibility index (Phi) is 7.49. The number of methoxy groups -OCH3 is 3. The molecule has 1 heterocycles. The van der Waals surface area contributed by atoms with Gasteiger partial charge in [0.25, 0.3) is 0 Å². The lowest BCUT2D eigenvalue weighted by atomic mass is 10.2. The summed E-state index contributed by atoms with van der Waals surface area (Å²) in [4.78, 5) is 8.57. The van der Waals surface area contributed by atoms with Crippen molar-refractivity contribution in [2.45, 2.75) is 6.42 Å². The molecular weight excluding hydrogens is 436 g/mol. The minimum absolute atomic E-state index is 0.425. The Bertz CT molecular complexity index is 1230. The van der Waals surface area contributed by atoms with E-state index in [1.807, 2.05) is 48.5 Å². The normalized spacial score (nSPS) is 10.6.